The molecule has 2 aromatic carbocycles. The molecule has 9 rings (SSSR count). The lowest BCUT2D eigenvalue weighted by Gasteiger charge is -2.60. The van der Waals surface area contributed by atoms with Gasteiger partial charge in [-0.05, 0) is 125 Å². The summed E-state index contributed by atoms with van der Waals surface area (Å²) >= 11 is 0. The summed E-state index contributed by atoms with van der Waals surface area (Å²) in [7, 11) is 0. The quantitative estimate of drug-likeness (QED) is 0.230. The fourth-order valence-electron chi connectivity index (χ4n) is 10.0. The van der Waals surface area contributed by atoms with Gasteiger partial charge in [-0.3, -0.25) is 0 Å². The van der Waals surface area contributed by atoms with Crippen molar-refractivity contribution < 1.29 is 14.6 Å². The van der Waals surface area contributed by atoms with Crippen molar-refractivity contribution in [2.24, 2.45) is 10.8 Å². The number of likely N-dealkylation sites (tertiary alicyclic amines) is 3. The number of nitrogens with two attached hydrogens (primary N) is 1. The fraction of sp³-hybridized carbons (Fsp3) is 0.538. The van der Waals surface area contributed by atoms with Crippen LogP contribution in [0.1, 0.15) is 70.3 Å². The van der Waals surface area contributed by atoms with Gasteiger partial charge in [-0.25, -0.2) is 19.4 Å². The fourth-order valence-corrected chi connectivity index (χ4v) is 10.0. The van der Waals surface area contributed by atoms with E-state index < -0.39 is 6.09 Å². The third-order valence-electron chi connectivity index (χ3n) is 13.1. The molecule has 262 valence electrons. The SMILES string of the molecule is Nc1ncnc2c1c(-c1ccc(Oc3ccccc3)cc1)nn2C1CCN(C2CC3(CCN(C4CC5(CCN(C(=O)O)CC5)C4)CC3)C2)CC1. The van der Waals surface area contributed by atoms with Crippen LogP contribution in [0.5, 0.6) is 11.5 Å². The topological polar surface area (TPSA) is 126 Å². The minimum Gasteiger partial charge on any atom is -0.465 e. The summed E-state index contributed by atoms with van der Waals surface area (Å²) in [5, 5.41) is 15.3. The van der Waals surface area contributed by atoms with Gasteiger partial charge in [0, 0.05) is 43.8 Å². The van der Waals surface area contributed by atoms with Gasteiger partial charge in [0.2, 0.25) is 0 Å². The molecule has 50 heavy (non-hydrogen) atoms. The Kier molecular flexibility index (Phi) is 7.95. The average molecular weight is 677 g/mol. The summed E-state index contributed by atoms with van der Waals surface area (Å²) < 4.78 is 8.13. The maximum Gasteiger partial charge on any atom is 0.407 e. The Balaban J connectivity index is 0.787. The molecule has 3 N–H and O–H groups in total. The summed E-state index contributed by atoms with van der Waals surface area (Å²) in [5.74, 6) is 2.03. The number of amides is 1. The molecule has 5 aliphatic rings. The summed E-state index contributed by atoms with van der Waals surface area (Å²) in [4.78, 5) is 27.4. The highest BCUT2D eigenvalue weighted by atomic mass is 16.5. The number of hydrogen-bond acceptors (Lipinski definition) is 8. The molecule has 0 bridgehead atoms. The van der Waals surface area contributed by atoms with E-state index in [0.717, 1.165) is 72.6 Å². The van der Waals surface area contributed by atoms with Gasteiger partial charge in [-0.1, -0.05) is 18.2 Å². The average Bonchev–Trinajstić information content (AvgIpc) is 3.51. The molecule has 2 saturated carbocycles. The Morgan fingerprint density at radius 2 is 1.32 bits per heavy atom. The molecule has 2 spiro atoms. The number of piperidine rings is 3. The molecule has 4 aromatic rings. The monoisotopic (exact) mass is 676 g/mol. The number of ether oxygens (including phenoxy) is 1. The lowest BCUT2D eigenvalue weighted by Crippen LogP contribution is -2.60. The second-order valence-electron chi connectivity index (χ2n) is 15.9. The minimum absolute atomic E-state index is 0.275. The van der Waals surface area contributed by atoms with Crippen molar-refractivity contribution in [3.8, 4) is 22.8 Å². The molecule has 0 radical (unpaired) electrons. The van der Waals surface area contributed by atoms with E-state index in [1.165, 1.54) is 51.6 Å². The zero-order valence-corrected chi connectivity index (χ0v) is 28.8. The van der Waals surface area contributed by atoms with Crippen LogP contribution in [0.4, 0.5) is 10.6 Å². The van der Waals surface area contributed by atoms with E-state index in [1.54, 1.807) is 11.2 Å². The standard InChI is InChI=1S/C39H48N8O3/c40-35-33-34(27-6-8-32(9-7-27)50-31-4-2-1-3-5-31)43-47(36(33)42-26-41-35)28-10-16-44(17-11-28)29-22-38(23-29)12-18-45(19-13-38)30-24-39(25-30)14-20-46(21-15-39)37(48)49/h1-9,26,28-30H,10-25H2,(H,48,49)(H2,40,41,42). The predicted octanol–water partition coefficient (Wildman–Crippen LogP) is 6.67. The van der Waals surface area contributed by atoms with Crippen LogP contribution in [0.2, 0.25) is 0 Å². The lowest BCUT2D eigenvalue weighted by atomic mass is 9.57. The second kappa shape index (κ2) is 12.5. The highest BCUT2D eigenvalue weighted by Crippen LogP contribution is 2.55. The molecule has 3 aliphatic heterocycles. The van der Waals surface area contributed by atoms with Crippen LogP contribution in [0.25, 0.3) is 22.3 Å². The molecule has 5 fully saturated rings. The number of nitrogens with zero attached hydrogens (tertiary/aromatic N) is 7. The van der Waals surface area contributed by atoms with Gasteiger partial charge in [0.1, 0.15) is 29.3 Å². The molecule has 11 heteroatoms. The third-order valence-corrected chi connectivity index (χ3v) is 13.1. The van der Waals surface area contributed by atoms with Gasteiger partial charge in [0.05, 0.1) is 11.4 Å². The first-order chi connectivity index (χ1) is 24.4. The van der Waals surface area contributed by atoms with E-state index in [4.69, 9.17) is 15.6 Å². The van der Waals surface area contributed by atoms with E-state index in [2.05, 4.69) is 24.4 Å². The van der Waals surface area contributed by atoms with Gasteiger partial charge < -0.3 is 30.3 Å². The summed E-state index contributed by atoms with van der Waals surface area (Å²) in [6, 6.07) is 19.5. The van der Waals surface area contributed by atoms with Crippen LogP contribution in [0.3, 0.4) is 0 Å². The first-order valence-electron chi connectivity index (χ1n) is 18.6. The largest absolute Gasteiger partial charge is 0.465 e. The highest BCUT2D eigenvalue weighted by Gasteiger charge is 2.52. The van der Waals surface area contributed by atoms with E-state index in [1.807, 2.05) is 54.6 Å². The first kappa shape index (κ1) is 31.7. The maximum absolute atomic E-state index is 11.3. The number of hydrogen-bond donors (Lipinski definition) is 2. The van der Waals surface area contributed by atoms with Crippen LogP contribution in [0, 0.1) is 10.8 Å². The number of anilines is 1. The van der Waals surface area contributed by atoms with Crippen molar-refractivity contribution in [3.05, 3.63) is 60.9 Å². The number of nitrogen functional groups attached to an aromatic ring is 1. The van der Waals surface area contributed by atoms with E-state index in [-0.39, 0.29) is 6.04 Å². The summed E-state index contributed by atoms with van der Waals surface area (Å²) in [6.45, 7) is 6.08. The van der Waals surface area contributed by atoms with Crippen molar-refractivity contribution in [3.63, 3.8) is 0 Å². The Hall–Kier alpha value is -4.22. The molecule has 0 atom stereocenters. The third kappa shape index (κ3) is 5.78. The summed E-state index contributed by atoms with van der Waals surface area (Å²) in [5.41, 5.74) is 10.00. The second-order valence-corrected chi connectivity index (χ2v) is 15.9. The van der Waals surface area contributed by atoms with Gasteiger partial charge in [0.15, 0.2) is 5.65 Å². The number of carbonyl (C=O) groups is 1. The Bertz CT molecular complexity index is 1820. The summed E-state index contributed by atoms with van der Waals surface area (Å²) in [6.07, 6.45) is 12.9. The highest BCUT2D eigenvalue weighted by molar-refractivity contribution is 5.98. The van der Waals surface area contributed by atoms with E-state index >= 15 is 0 Å². The smallest absolute Gasteiger partial charge is 0.407 e. The Morgan fingerprint density at radius 1 is 0.740 bits per heavy atom. The normalized spacial score (nSPS) is 24.3. The number of fused-ring (bicyclic) bond motifs is 1. The van der Waals surface area contributed by atoms with Gasteiger partial charge in [0.25, 0.3) is 0 Å². The molecule has 5 heterocycles. The van der Waals surface area contributed by atoms with Crippen LogP contribution in [-0.4, -0.2) is 97.0 Å². The number of aromatic nitrogens is 4. The molecule has 0 unspecified atom stereocenters. The number of carboxylic acid groups (broad SMARTS) is 1. The number of rotatable bonds is 6. The zero-order valence-electron chi connectivity index (χ0n) is 28.8. The van der Waals surface area contributed by atoms with Crippen LogP contribution >= 0.6 is 0 Å². The van der Waals surface area contributed by atoms with E-state index in [0.29, 0.717) is 41.8 Å². The van der Waals surface area contributed by atoms with Crippen molar-refractivity contribution in [1.29, 1.82) is 0 Å². The van der Waals surface area contributed by atoms with Crippen molar-refractivity contribution >= 4 is 22.9 Å². The van der Waals surface area contributed by atoms with Crippen LogP contribution < -0.4 is 10.5 Å². The molecule has 3 saturated heterocycles. The molecular weight excluding hydrogens is 628 g/mol. The van der Waals surface area contributed by atoms with Crippen molar-refractivity contribution in [2.45, 2.75) is 82.3 Å². The predicted molar refractivity (Wildman–Crippen MR) is 192 cm³/mol. The molecule has 11 nitrogen and oxygen atoms in total. The lowest BCUT2D eigenvalue weighted by molar-refractivity contribution is -0.0895. The van der Waals surface area contributed by atoms with Crippen LogP contribution in [-0.2, 0) is 0 Å². The molecule has 2 aliphatic carbocycles. The maximum atomic E-state index is 11.3. The number of para-hydroxylation sites is 1. The van der Waals surface area contributed by atoms with Gasteiger partial charge >= 0.3 is 6.09 Å². The molecule has 1 amide bonds. The Labute approximate surface area is 293 Å². The first-order valence-corrected chi connectivity index (χ1v) is 18.6. The van der Waals surface area contributed by atoms with Crippen molar-refractivity contribution in [1.82, 2.24) is 34.4 Å². The molecule has 2 aromatic heterocycles. The van der Waals surface area contributed by atoms with Crippen molar-refractivity contribution in [2.75, 3.05) is 45.0 Å². The molecular formula is C39H48N8O3. The number of benzene rings is 2. The van der Waals surface area contributed by atoms with E-state index in [9.17, 15) is 9.90 Å². The van der Waals surface area contributed by atoms with Gasteiger partial charge in [-0.2, -0.15) is 5.10 Å². The van der Waals surface area contributed by atoms with Gasteiger partial charge in [-0.15, -0.1) is 0 Å². The minimum atomic E-state index is -0.755. The Morgan fingerprint density at radius 3 is 1.94 bits per heavy atom. The van der Waals surface area contributed by atoms with Crippen LogP contribution in [0.15, 0.2) is 60.9 Å². The zero-order chi connectivity index (χ0) is 33.9.